The van der Waals surface area contributed by atoms with Gasteiger partial charge in [0, 0.05) is 6.07 Å². The van der Waals surface area contributed by atoms with E-state index < -0.39 is 35.6 Å². The molecule has 0 bridgehead atoms. The van der Waals surface area contributed by atoms with Crippen LogP contribution in [0, 0.1) is 5.82 Å². The number of alkyl halides is 5. The van der Waals surface area contributed by atoms with Crippen molar-refractivity contribution in [2.75, 3.05) is 7.11 Å². The Morgan fingerprint density at radius 1 is 1.31 bits per heavy atom. The van der Waals surface area contributed by atoms with E-state index in [1.54, 1.807) is 0 Å². The van der Waals surface area contributed by atoms with E-state index >= 15 is 0 Å². The molecule has 2 nitrogen and oxygen atoms in total. The molecule has 0 saturated carbocycles. The molecule has 0 aliphatic carbocycles. The number of ether oxygens (including phenoxy) is 1. The van der Waals surface area contributed by atoms with E-state index in [0.29, 0.717) is 0 Å². The summed E-state index contributed by atoms with van der Waals surface area (Å²) in [6, 6.07) is 0.223. The van der Waals surface area contributed by atoms with Gasteiger partial charge in [0.15, 0.2) is 11.6 Å². The molecule has 1 heterocycles. The van der Waals surface area contributed by atoms with Gasteiger partial charge < -0.3 is 4.74 Å². The highest BCUT2D eigenvalue weighted by Gasteiger charge is 2.36. The third kappa shape index (κ3) is 2.37. The van der Waals surface area contributed by atoms with Crippen LogP contribution < -0.4 is 4.74 Å². The zero-order chi connectivity index (χ0) is 12.5. The van der Waals surface area contributed by atoms with Gasteiger partial charge >= 0.3 is 6.18 Å². The van der Waals surface area contributed by atoms with Crippen LogP contribution in [0.15, 0.2) is 6.07 Å². The number of pyridine rings is 1. The Labute approximate surface area is 85.9 Å². The van der Waals surface area contributed by atoms with Crippen LogP contribution in [0.25, 0.3) is 0 Å². The molecular weight excluding hydrogens is 240 g/mol. The van der Waals surface area contributed by atoms with Crippen LogP contribution in [0.5, 0.6) is 5.75 Å². The summed E-state index contributed by atoms with van der Waals surface area (Å²) >= 11 is 0. The quantitative estimate of drug-likeness (QED) is 0.746. The number of aromatic nitrogens is 1. The second-order valence-corrected chi connectivity index (χ2v) is 2.71. The number of hydrogen-bond acceptors (Lipinski definition) is 2. The Kier molecular flexibility index (Phi) is 3.30. The molecule has 0 N–H and O–H groups in total. The summed E-state index contributed by atoms with van der Waals surface area (Å²) in [7, 11) is 0.869. The molecular formula is C8H5F6NO. The van der Waals surface area contributed by atoms with E-state index in [2.05, 4.69) is 9.72 Å². The molecule has 0 aliphatic heterocycles. The van der Waals surface area contributed by atoms with Crippen LogP contribution in [-0.4, -0.2) is 12.1 Å². The van der Waals surface area contributed by atoms with Crippen molar-refractivity contribution >= 4 is 0 Å². The van der Waals surface area contributed by atoms with E-state index in [1.807, 2.05) is 0 Å². The number of nitrogens with zero attached hydrogens (tertiary/aromatic N) is 1. The smallest absolute Gasteiger partial charge is 0.433 e. The van der Waals surface area contributed by atoms with Crippen LogP contribution in [-0.2, 0) is 6.18 Å². The highest BCUT2D eigenvalue weighted by atomic mass is 19.4. The molecule has 1 rings (SSSR count). The monoisotopic (exact) mass is 245 g/mol. The van der Waals surface area contributed by atoms with Gasteiger partial charge in [0.2, 0.25) is 0 Å². The summed E-state index contributed by atoms with van der Waals surface area (Å²) in [6.45, 7) is 0. The molecule has 8 heteroatoms. The molecule has 0 amide bonds. The summed E-state index contributed by atoms with van der Waals surface area (Å²) in [6.07, 6.45) is -8.39. The topological polar surface area (TPSA) is 22.1 Å². The molecule has 0 saturated heterocycles. The summed E-state index contributed by atoms with van der Waals surface area (Å²) < 4.78 is 78.2. The van der Waals surface area contributed by atoms with E-state index in [-0.39, 0.29) is 6.07 Å². The van der Waals surface area contributed by atoms with Gasteiger partial charge in [0.05, 0.1) is 7.11 Å². The lowest BCUT2D eigenvalue weighted by Crippen LogP contribution is -2.12. The molecule has 0 aromatic carbocycles. The van der Waals surface area contributed by atoms with Crippen molar-refractivity contribution in [1.29, 1.82) is 0 Å². The minimum atomic E-state index is -4.94. The van der Waals surface area contributed by atoms with Crippen LogP contribution in [0.3, 0.4) is 0 Å². The minimum Gasteiger partial charge on any atom is -0.494 e. The van der Waals surface area contributed by atoms with Gasteiger partial charge in [-0.3, -0.25) is 0 Å². The van der Waals surface area contributed by atoms with Crippen LogP contribution >= 0.6 is 0 Å². The fourth-order valence-electron chi connectivity index (χ4n) is 0.963. The van der Waals surface area contributed by atoms with Crippen molar-refractivity contribution in [3.63, 3.8) is 0 Å². The van der Waals surface area contributed by atoms with Crippen LogP contribution in [0.2, 0.25) is 0 Å². The fourth-order valence-corrected chi connectivity index (χ4v) is 0.963. The predicted molar refractivity (Wildman–Crippen MR) is 40.7 cm³/mol. The third-order valence-electron chi connectivity index (χ3n) is 1.67. The van der Waals surface area contributed by atoms with Gasteiger partial charge in [-0.05, 0) is 0 Å². The second kappa shape index (κ2) is 4.18. The Morgan fingerprint density at radius 2 is 1.88 bits per heavy atom. The molecule has 0 radical (unpaired) electrons. The molecule has 0 aliphatic rings. The summed E-state index contributed by atoms with van der Waals surface area (Å²) in [4.78, 5) is 2.52. The standard InChI is InChI=1S/C8H5F6NO/c1-16-3-2-4(8(12,13)14)15-6(5(3)9)7(10)11/h2,7H,1H3. The number of hydrogen-bond donors (Lipinski definition) is 0. The highest BCUT2D eigenvalue weighted by molar-refractivity contribution is 5.31. The third-order valence-corrected chi connectivity index (χ3v) is 1.67. The molecule has 1 aromatic rings. The van der Waals surface area contributed by atoms with E-state index in [0.717, 1.165) is 7.11 Å². The van der Waals surface area contributed by atoms with Crippen molar-refractivity contribution in [2.45, 2.75) is 12.6 Å². The van der Waals surface area contributed by atoms with Gasteiger partial charge in [0.25, 0.3) is 6.43 Å². The Bertz CT molecular complexity index is 389. The minimum absolute atomic E-state index is 0.223. The molecule has 0 atom stereocenters. The van der Waals surface area contributed by atoms with Crippen LogP contribution in [0.4, 0.5) is 26.3 Å². The molecule has 0 unspecified atom stereocenters. The highest BCUT2D eigenvalue weighted by Crippen LogP contribution is 2.34. The normalized spacial score (nSPS) is 12.0. The summed E-state index contributed by atoms with van der Waals surface area (Å²) in [5, 5.41) is 0. The van der Waals surface area contributed by atoms with E-state index in [4.69, 9.17) is 0 Å². The SMILES string of the molecule is COc1cc(C(F)(F)F)nc(C(F)F)c1F. The van der Waals surface area contributed by atoms with E-state index in [9.17, 15) is 26.3 Å². The Balaban J connectivity index is 3.40. The van der Waals surface area contributed by atoms with E-state index in [1.165, 1.54) is 0 Å². The zero-order valence-corrected chi connectivity index (χ0v) is 7.78. The van der Waals surface area contributed by atoms with Crippen molar-refractivity contribution in [3.05, 3.63) is 23.3 Å². The lowest BCUT2D eigenvalue weighted by molar-refractivity contribution is -0.141. The van der Waals surface area contributed by atoms with Gasteiger partial charge in [-0.15, -0.1) is 0 Å². The summed E-state index contributed by atoms with van der Waals surface area (Å²) in [5.74, 6) is -2.51. The molecule has 0 fully saturated rings. The molecule has 0 spiro atoms. The first-order chi connectivity index (χ1) is 7.27. The Hall–Kier alpha value is -1.47. The van der Waals surface area contributed by atoms with Gasteiger partial charge in [-0.2, -0.15) is 13.2 Å². The molecule has 16 heavy (non-hydrogen) atoms. The lowest BCUT2D eigenvalue weighted by atomic mass is 10.2. The number of methoxy groups -OCH3 is 1. The average Bonchev–Trinajstić information content (AvgIpc) is 2.15. The maximum Gasteiger partial charge on any atom is 0.433 e. The Morgan fingerprint density at radius 3 is 2.25 bits per heavy atom. The number of rotatable bonds is 2. The predicted octanol–water partition coefficient (Wildman–Crippen LogP) is 3.19. The molecule has 1 aromatic heterocycles. The second-order valence-electron chi connectivity index (χ2n) is 2.71. The van der Waals surface area contributed by atoms with Gasteiger partial charge in [-0.1, -0.05) is 0 Å². The fraction of sp³-hybridized carbons (Fsp3) is 0.375. The molecule has 90 valence electrons. The van der Waals surface area contributed by atoms with Crippen molar-refractivity contribution in [3.8, 4) is 5.75 Å². The first-order valence-electron chi connectivity index (χ1n) is 3.87. The first-order valence-corrected chi connectivity index (χ1v) is 3.87. The van der Waals surface area contributed by atoms with Gasteiger partial charge in [-0.25, -0.2) is 18.2 Å². The zero-order valence-electron chi connectivity index (χ0n) is 7.78. The van der Waals surface area contributed by atoms with Gasteiger partial charge in [0.1, 0.15) is 11.4 Å². The number of halogens is 6. The maximum atomic E-state index is 13.1. The maximum absolute atomic E-state index is 13.1. The largest absolute Gasteiger partial charge is 0.494 e. The van der Waals surface area contributed by atoms with Crippen LogP contribution in [0.1, 0.15) is 17.8 Å². The van der Waals surface area contributed by atoms with Crippen molar-refractivity contribution < 1.29 is 31.1 Å². The van der Waals surface area contributed by atoms with Crippen molar-refractivity contribution in [2.24, 2.45) is 0 Å². The van der Waals surface area contributed by atoms with Crippen molar-refractivity contribution in [1.82, 2.24) is 4.98 Å². The lowest BCUT2D eigenvalue weighted by Gasteiger charge is -2.11. The first kappa shape index (κ1) is 12.6. The summed E-state index contributed by atoms with van der Waals surface area (Å²) in [5.41, 5.74) is -3.20. The average molecular weight is 245 g/mol.